The van der Waals surface area contributed by atoms with Crippen molar-refractivity contribution in [2.24, 2.45) is 0 Å². The molecule has 3 aromatic carbocycles. The van der Waals surface area contributed by atoms with Crippen molar-refractivity contribution < 1.29 is 4.79 Å². The van der Waals surface area contributed by atoms with Crippen LogP contribution in [0.5, 0.6) is 0 Å². The second kappa shape index (κ2) is 7.15. The first-order chi connectivity index (χ1) is 12.8. The van der Waals surface area contributed by atoms with Crippen molar-refractivity contribution in [1.82, 2.24) is 10.4 Å². The largest absolute Gasteiger partial charge is 0.361 e. The van der Waals surface area contributed by atoms with Crippen LogP contribution in [0.15, 0.2) is 91.1 Å². The highest BCUT2D eigenvalue weighted by atomic mass is 16.2. The van der Waals surface area contributed by atoms with E-state index in [2.05, 4.69) is 10.4 Å². The van der Waals surface area contributed by atoms with Gasteiger partial charge >= 0.3 is 0 Å². The van der Waals surface area contributed by atoms with E-state index in [1.165, 1.54) is 0 Å². The van der Waals surface area contributed by atoms with Gasteiger partial charge < -0.3 is 4.98 Å². The van der Waals surface area contributed by atoms with Crippen LogP contribution in [0.3, 0.4) is 0 Å². The Morgan fingerprint density at radius 3 is 2.04 bits per heavy atom. The van der Waals surface area contributed by atoms with Gasteiger partial charge in [0.25, 0.3) is 0 Å². The molecule has 0 aliphatic carbocycles. The molecule has 128 valence electrons. The quantitative estimate of drug-likeness (QED) is 0.522. The third-order valence-electron chi connectivity index (χ3n) is 4.29. The predicted molar refractivity (Wildman–Crippen MR) is 105 cm³/mol. The molecule has 26 heavy (non-hydrogen) atoms. The lowest BCUT2D eigenvalue weighted by Crippen LogP contribution is -2.39. The summed E-state index contributed by atoms with van der Waals surface area (Å²) < 4.78 is 0. The lowest BCUT2D eigenvalue weighted by molar-refractivity contribution is -0.120. The van der Waals surface area contributed by atoms with Gasteiger partial charge in [-0.1, -0.05) is 54.6 Å². The topological polar surface area (TPSA) is 48.1 Å². The number of hydrogen-bond donors (Lipinski definition) is 2. The van der Waals surface area contributed by atoms with Gasteiger partial charge in [-0.05, 0) is 35.9 Å². The Morgan fingerprint density at radius 2 is 1.38 bits per heavy atom. The molecule has 4 heteroatoms. The van der Waals surface area contributed by atoms with Gasteiger partial charge in [0.1, 0.15) is 0 Å². The molecule has 0 fully saturated rings. The molecule has 0 saturated carbocycles. The van der Waals surface area contributed by atoms with Crippen LogP contribution in [0, 0.1) is 0 Å². The van der Waals surface area contributed by atoms with Gasteiger partial charge in [-0.25, -0.2) is 0 Å². The second-order valence-electron chi connectivity index (χ2n) is 6.08. The summed E-state index contributed by atoms with van der Waals surface area (Å²) in [6, 6.07) is 27.6. The molecular formula is C22H19N3O. The number of carbonyl (C=O) groups excluding carboxylic acids is 1. The van der Waals surface area contributed by atoms with Gasteiger partial charge in [-0.15, -0.1) is 0 Å². The number of aromatic amines is 1. The summed E-state index contributed by atoms with van der Waals surface area (Å²) in [6.45, 7) is 0. The lowest BCUT2D eigenvalue weighted by atomic mass is 10.1. The van der Waals surface area contributed by atoms with Crippen LogP contribution < -0.4 is 10.4 Å². The molecular weight excluding hydrogens is 322 g/mol. The second-order valence-corrected chi connectivity index (χ2v) is 6.08. The van der Waals surface area contributed by atoms with Crippen molar-refractivity contribution in [3.63, 3.8) is 0 Å². The van der Waals surface area contributed by atoms with Gasteiger partial charge in [0, 0.05) is 17.1 Å². The SMILES string of the molecule is O=C(Cc1c[nH]c2ccccc12)NN(c1ccccc1)c1ccccc1. The maximum absolute atomic E-state index is 12.7. The maximum atomic E-state index is 12.7. The number of amides is 1. The van der Waals surface area contributed by atoms with Crippen molar-refractivity contribution in [3.05, 3.63) is 96.7 Å². The number of benzene rings is 3. The minimum atomic E-state index is -0.0672. The average Bonchev–Trinajstić information content (AvgIpc) is 3.10. The monoisotopic (exact) mass is 341 g/mol. The number of fused-ring (bicyclic) bond motifs is 1. The summed E-state index contributed by atoms with van der Waals surface area (Å²) in [4.78, 5) is 16.0. The fourth-order valence-electron chi connectivity index (χ4n) is 3.05. The molecule has 0 unspecified atom stereocenters. The molecule has 0 spiro atoms. The highest BCUT2D eigenvalue weighted by Gasteiger charge is 2.14. The first-order valence-electron chi connectivity index (χ1n) is 8.56. The molecule has 1 heterocycles. The third-order valence-corrected chi connectivity index (χ3v) is 4.29. The first-order valence-corrected chi connectivity index (χ1v) is 8.56. The van der Waals surface area contributed by atoms with Crippen molar-refractivity contribution in [1.29, 1.82) is 0 Å². The maximum Gasteiger partial charge on any atom is 0.243 e. The van der Waals surface area contributed by atoms with Crippen molar-refractivity contribution in [2.75, 3.05) is 5.01 Å². The molecule has 0 aliphatic heterocycles. The molecule has 0 atom stereocenters. The standard InChI is InChI=1S/C22H19N3O/c26-22(15-17-16-23-21-14-8-7-13-20(17)21)24-25(18-9-3-1-4-10-18)19-11-5-2-6-12-19/h1-14,16,23H,15H2,(H,24,26). The summed E-state index contributed by atoms with van der Waals surface area (Å²) in [7, 11) is 0. The Morgan fingerprint density at radius 1 is 0.808 bits per heavy atom. The first kappa shape index (κ1) is 16.0. The third kappa shape index (κ3) is 3.30. The van der Waals surface area contributed by atoms with Gasteiger partial charge in [-0.2, -0.15) is 0 Å². The van der Waals surface area contributed by atoms with Crippen molar-refractivity contribution in [2.45, 2.75) is 6.42 Å². The number of carbonyl (C=O) groups is 1. The molecule has 4 nitrogen and oxygen atoms in total. The van der Waals surface area contributed by atoms with Crippen LogP contribution >= 0.6 is 0 Å². The fraction of sp³-hybridized carbons (Fsp3) is 0.0455. The summed E-state index contributed by atoms with van der Waals surface area (Å²) in [5.41, 5.74) is 6.88. The Kier molecular flexibility index (Phi) is 4.39. The van der Waals surface area contributed by atoms with Crippen LogP contribution in [0.4, 0.5) is 11.4 Å². The molecule has 0 radical (unpaired) electrons. The van der Waals surface area contributed by atoms with Gasteiger partial charge in [-0.3, -0.25) is 15.2 Å². The smallest absolute Gasteiger partial charge is 0.243 e. The van der Waals surface area contributed by atoms with Gasteiger partial charge in [0.2, 0.25) is 5.91 Å². The Hall–Kier alpha value is -3.53. The molecule has 0 bridgehead atoms. The number of nitrogens with one attached hydrogen (secondary N) is 2. The number of aromatic nitrogens is 1. The average molecular weight is 341 g/mol. The summed E-state index contributed by atoms with van der Waals surface area (Å²) in [6.07, 6.45) is 2.21. The van der Waals surface area contributed by atoms with Crippen LogP contribution in [-0.2, 0) is 11.2 Å². The molecule has 0 aliphatic rings. The minimum absolute atomic E-state index is 0.0672. The number of anilines is 2. The molecule has 1 amide bonds. The van der Waals surface area contributed by atoms with Crippen molar-refractivity contribution >= 4 is 28.2 Å². The highest BCUT2D eigenvalue weighted by molar-refractivity contribution is 5.90. The van der Waals surface area contributed by atoms with E-state index in [1.54, 1.807) is 0 Å². The van der Waals surface area contributed by atoms with Crippen LogP contribution in [0.2, 0.25) is 0 Å². The van der Waals surface area contributed by atoms with E-state index in [0.29, 0.717) is 6.42 Å². The molecule has 0 saturated heterocycles. The highest BCUT2D eigenvalue weighted by Crippen LogP contribution is 2.23. The minimum Gasteiger partial charge on any atom is -0.361 e. The van der Waals surface area contributed by atoms with E-state index in [1.807, 2.05) is 96.1 Å². The van der Waals surface area contributed by atoms with E-state index in [9.17, 15) is 4.79 Å². The van der Waals surface area contributed by atoms with Crippen LogP contribution in [0.1, 0.15) is 5.56 Å². The van der Waals surface area contributed by atoms with Crippen molar-refractivity contribution in [3.8, 4) is 0 Å². The number of rotatable bonds is 5. The summed E-state index contributed by atoms with van der Waals surface area (Å²) in [5.74, 6) is -0.0672. The molecule has 4 rings (SSSR count). The number of nitrogens with zero attached hydrogens (tertiary/aromatic N) is 1. The summed E-state index contributed by atoms with van der Waals surface area (Å²) in [5, 5.41) is 2.89. The number of para-hydroxylation sites is 3. The fourth-order valence-corrected chi connectivity index (χ4v) is 3.05. The van der Waals surface area contributed by atoms with E-state index in [0.717, 1.165) is 27.8 Å². The van der Waals surface area contributed by atoms with Crippen LogP contribution in [0.25, 0.3) is 10.9 Å². The predicted octanol–water partition coefficient (Wildman–Crippen LogP) is 4.58. The Bertz CT molecular complexity index is 970. The molecule has 1 aromatic heterocycles. The lowest BCUT2D eigenvalue weighted by Gasteiger charge is -2.25. The van der Waals surface area contributed by atoms with E-state index >= 15 is 0 Å². The Labute approximate surface area is 152 Å². The van der Waals surface area contributed by atoms with E-state index in [4.69, 9.17) is 0 Å². The van der Waals surface area contributed by atoms with E-state index < -0.39 is 0 Å². The number of hydrogen-bond acceptors (Lipinski definition) is 2. The van der Waals surface area contributed by atoms with E-state index in [-0.39, 0.29) is 5.91 Å². The number of H-pyrrole nitrogens is 1. The molecule has 2 N–H and O–H groups in total. The molecule has 4 aromatic rings. The van der Waals surface area contributed by atoms with Crippen LogP contribution in [-0.4, -0.2) is 10.9 Å². The number of hydrazine groups is 1. The zero-order valence-electron chi connectivity index (χ0n) is 14.2. The zero-order chi connectivity index (χ0) is 17.8. The van der Waals surface area contributed by atoms with Gasteiger partial charge in [0.15, 0.2) is 0 Å². The zero-order valence-corrected chi connectivity index (χ0v) is 14.2. The normalized spacial score (nSPS) is 10.6. The Balaban J connectivity index is 1.58. The summed E-state index contributed by atoms with van der Waals surface area (Å²) >= 11 is 0. The van der Waals surface area contributed by atoms with Gasteiger partial charge in [0.05, 0.1) is 17.8 Å².